The topological polar surface area (TPSA) is 115 Å². The first-order valence-corrected chi connectivity index (χ1v) is 11.9. The lowest BCUT2D eigenvalue weighted by atomic mass is 9.94. The van der Waals surface area contributed by atoms with E-state index in [-0.39, 0.29) is 36.5 Å². The molecule has 1 aliphatic heterocycles. The van der Waals surface area contributed by atoms with Gasteiger partial charge >= 0.3 is 0 Å². The summed E-state index contributed by atoms with van der Waals surface area (Å²) in [6, 6.07) is 7.33. The van der Waals surface area contributed by atoms with Gasteiger partial charge in [-0.1, -0.05) is 12.1 Å². The fourth-order valence-corrected chi connectivity index (χ4v) is 4.14. The van der Waals surface area contributed by atoms with Gasteiger partial charge in [0.1, 0.15) is 17.0 Å². The molecule has 10 heteroatoms. The van der Waals surface area contributed by atoms with Gasteiger partial charge in [0, 0.05) is 26.2 Å². The number of carbonyl (C=O) groups excluding carboxylic acids is 3. The molecule has 3 amide bonds. The first kappa shape index (κ1) is 26.2. The number of amides is 3. The molecule has 2 aromatic rings. The molecule has 0 fully saturated rings. The first-order valence-electron chi connectivity index (χ1n) is 11.9. The Morgan fingerprint density at radius 3 is 2.54 bits per heavy atom. The van der Waals surface area contributed by atoms with Gasteiger partial charge in [0.25, 0.3) is 11.8 Å². The second-order valence-electron chi connectivity index (χ2n) is 8.95. The number of ether oxygens (including phenoxy) is 2. The zero-order chi connectivity index (χ0) is 25.6. The molecule has 1 aliphatic rings. The van der Waals surface area contributed by atoms with Crippen molar-refractivity contribution in [3.8, 4) is 5.75 Å². The molecule has 3 rings (SSSR count). The van der Waals surface area contributed by atoms with Gasteiger partial charge in [-0.3, -0.25) is 14.4 Å². The van der Waals surface area contributed by atoms with E-state index in [9.17, 15) is 14.4 Å². The van der Waals surface area contributed by atoms with Gasteiger partial charge in [0.2, 0.25) is 5.91 Å². The van der Waals surface area contributed by atoms with Crippen LogP contribution in [0.5, 0.6) is 5.75 Å². The number of aromatic nitrogens is 2. The van der Waals surface area contributed by atoms with E-state index in [1.165, 1.54) is 11.2 Å². The largest absolute Gasteiger partial charge is 0.497 e. The molecule has 190 valence electrons. The molecule has 0 aliphatic carbocycles. The van der Waals surface area contributed by atoms with Crippen LogP contribution in [0.4, 0.5) is 0 Å². The number of hydrogen-bond acceptors (Lipinski definition) is 6. The molecule has 35 heavy (non-hydrogen) atoms. The number of hydrogen-bond donors (Lipinski definition) is 2. The average molecular weight is 486 g/mol. The Balaban J connectivity index is 1.70. The van der Waals surface area contributed by atoms with Crippen LogP contribution < -0.4 is 15.4 Å². The molecule has 0 bridgehead atoms. The maximum absolute atomic E-state index is 13.4. The van der Waals surface area contributed by atoms with Crippen molar-refractivity contribution in [2.45, 2.75) is 58.8 Å². The maximum Gasteiger partial charge on any atom is 0.273 e. The smallest absolute Gasteiger partial charge is 0.273 e. The fourth-order valence-electron chi connectivity index (χ4n) is 4.14. The van der Waals surface area contributed by atoms with Gasteiger partial charge in [-0.25, -0.2) is 4.98 Å². The van der Waals surface area contributed by atoms with Crippen LogP contribution in [0.2, 0.25) is 0 Å². The van der Waals surface area contributed by atoms with Crippen LogP contribution in [0, 0.1) is 0 Å². The number of nitrogens with zero attached hydrogens (tertiary/aromatic N) is 3. The van der Waals surface area contributed by atoms with E-state index in [1.807, 2.05) is 45.0 Å². The number of rotatable bonds is 11. The Labute approximate surface area is 206 Å². The molecular formula is C25H35N5O5. The minimum Gasteiger partial charge on any atom is -0.497 e. The summed E-state index contributed by atoms with van der Waals surface area (Å²) in [7, 11) is 1.59. The molecular weight excluding hydrogens is 450 g/mol. The highest BCUT2D eigenvalue weighted by molar-refractivity contribution is 6.07. The molecule has 0 unspecified atom stereocenters. The lowest BCUT2D eigenvalue weighted by Gasteiger charge is -2.43. The van der Waals surface area contributed by atoms with Gasteiger partial charge in [-0.2, -0.15) is 0 Å². The number of nitrogens with one attached hydrogen (secondary N) is 2. The Hall–Kier alpha value is -3.40. The predicted octanol–water partition coefficient (Wildman–Crippen LogP) is 1.99. The standard InChI is InChI=1S/C25H35N5O5/c1-6-30-23(32)21-20(22(31)27-14-18-8-10-19(34-5)11-9-18)28-16-29(21)15-25(30,4)24(33)26-12-7-13-35-17(2)3/h8-11,16-17H,6-7,12-15H2,1-5H3,(H,26,33)(H,27,31)/t25-/m1/s1. The fraction of sp³-hybridized carbons (Fsp3) is 0.520. The van der Waals surface area contributed by atoms with Gasteiger partial charge in [-0.15, -0.1) is 0 Å². The molecule has 2 heterocycles. The van der Waals surface area contributed by atoms with Gasteiger partial charge < -0.3 is 29.6 Å². The summed E-state index contributed by atoms with van der Waals surface area (Å²) in [6.07, 6.45) is 2.26. The molecule has 0 spiro atoms. The molecule has 0 saturated heterocycles. The van der Waals surface area contributed by atoms with E-state index in [4.69, 9.17) is 9.47 Å². The Bertz CT molecular complexity index is 1050. The van der Waals surface area contributed by atoms with Crippen molar-refractivity contribution in [3.05, 3.63) is 47.5 Å². The summed E-state index contributed by atoms with van der Waals surface area (Å²) in [4.78, 5) is 45.2. The number of carbonyl (C=O) groups is 3. The molecule has 1 aromatic heterocycles. The van der Waals surface area contributed by atoms with E-state index in [0.29, 0.717) is 26.1 Å². The molecule has 1 atom stereocenters. The van der Waals surface area contributed by atoms with Crippen molar-refractivity contribution in [2.24, 2.45) is 0 Å². The number of methoxy groups -OCH3 is 1. The zero-order valence-electron chi connectivity index (χ0n) is 21.1. The Morgan fingerprint density at radius 1 is 1.20 bits per heavy atom. The third-order valence-corrected chi connectivity index (χ3v) is 6.05. The van der Waals surface area contributed by atoms with E-state index in [0.717, 1.165) is 11.3 Å². The van der Waals surface area contributed by atoms with Crippen LogP contribution in [0.25, 0.3) is 0 Å². The lowest BCUT2D eigenvalue weighted by molar-refractivity contribution is -0.132. The van der Waals surface area contributed by atoms with Crippen LogP contribution in [0.1, 0.15) is 60.7 Å². The van der Waals surface area contributed by atoms with Crippen LogP contribution in [-0.2, 0) is 22.6 Å². The van der Waals surface area contributed by atoms with Crippen molar-refractivity contribution in [2.75, 3.05) is 26.8 Å². The zero-order valence-corrected chi connectivity index (χ0v) is 21.1. The van der Waals surface area contributed by atoms with E-state index < -0.39 is 17.4 Å². The summed E-state index contributed by atoms with van der Waals surface area (Å²) in [5.74, 6) is -0.365. The monoisotopic (exact) mass is 485 g/mol. The Kier molecular flexibility index (Phi) is 8.50. The van der Waals surface area contributed by atoms with Crippen LogP contribution in [-0.4, -0.2) is 70.6 Å². The number of imidazole rings is 1. The van der Waals surface area contributed by atoms with Crippen molar-refractivity contribution in [1.82, 2.24) is 25.1 Å². The minimum absolute atomic E-state index is 0.0512. The maximum atomic E-state index is 13.4. The quantitative estimate of drug-likeness (QED) is 0.471. The van der Waals surface area contributed by atoms with E-state index in [2.05, 4.69) is 15.6 Å². The van der Waals surface area contributed by atoms with Crippen molar-refractivity contribution in [1.29, 1.82) is 0 Å². The van der Waals surface area contributed by atoms with Crippen LogP contribution in [0.15, 0.2) is 30.6 Å². The van der Waals surface area contributed by atoms with Crippen molar-refractivity contribution < 1.29 is 23.9 Å². The highest BCUT2D eigenvalue weighted by Crippen LogP contribution is 2.28. The van der Waals surface area contributed by atoms with Crippen molar-refractivity contribution >= 4 is 17.7 Å². The summed E-state index contributed by atoms with van der Waals surface area (Å²) < 4.78 is 12.3. The molecule has 1 aromatic carbocycles. The minimum atomic E-state index is -1.10. The average Bonchev–Trinajstić information content (AvgIpc) is 3.26. The van der Waals surface area contributed by atoms with Crippen molar-refractivity contribution in [3.63, 3.8) is 0 Å². The number of fused-ring (bicyclic) bond motifs is 1. The molecule has 2 N–H and O–H groups in total. The first-order chi connectivity index (χ1) is 16.7. The Morgan fingerprint density at radius 2 is 1.91 bits per heavy atom. The second-order valence-corrected chi connectivity index (χ2v) is 8.95. The number of likely N-dealkylation sites (N-methyl/N-ethyl adjacent to an activating group) is 1. The summed E-state index contributed by atoms with van der Waals surface area (Å²) in [6.45, 7) is 9.27. The van der Waals surface area contributed by atoms with Crippen LogP contribution in [0.3, 0.4) is 0 Å². The lowest BCUT2D eigenvalue weighted by Crippen LogP contribution is -2.64. The molecule has 0 radical (unpaired) electrons. The van der Waals surface area contributed by atoms with Gasteiger partial charge in [0.05, 0.1) is 26.1 Å². The van der Waals surface area contributed by atoms with Gasteiger partial charge in [0.15, 0.2) is 5.69 Å². The summed E-state index contributed by atoms with van der Waals surface area (Å²) >= 11 is 0. The predicted molar refractivity (Wildman–Crippen MR) is 130 cm³/mol. The second kappa shape index (κ2) is 11.4. The SMILES string of the molecule is CCN1C(=O)c2c(C(=O)NCc3ccc(OC)cc3)ncn2C[C@]1(C)C(=O)NCCCOC(C)C. The number of benzene rings is 1. The normalized spacial score (nSPS) is 17.3. The third kappa shape index (κ3) is 5.82. The van der Waals surface area contributed by atoms with E-state index in [1.54, 1.807) is 18.6 Å². The summed E-state index contributed by atoms with van der Waals surface area (Å²) in [5.41, 5.74) is 0.0247. The highest BCUT2D eigenvalue weighted by Gasteiger charge is 2.48. The van der Waals surface area contributed by atoms with Gasteiger partial charge in [-0.05, 0) is 51.8 Å². The van der Waals surface area contributed by atoms with E-state index >= 15 is 0 Å². The molecule has 0 saturated carbocycles. The highest BCUT2D eigenvalue weighted by atomic mass is 16.5. The summed E-state index contributed by atoms with van der Waals surface area (Å²) in [5, 5.41) is 5.74. The van der Waals surface area contributed by atoms with Crippen LogP contribution >= 0.6 is 0 Å². The molecule has 10 nitrogen and oxygen atoms in total. The third-order valence-electron chi connectivity index (χ3n) is 6.05.